The molecule has 0 aromatic heterocycles. The molecule has 0 saturated heterocycles. The van der Waals surface area contributed by atoms with Crippen LogP contribution in [0.3, 0.4) is 0 Å². The summed E-state index contributed by atoms with van der Waals surface area (Å²) in [5, 5.41) is 2.45. The van der Waals surface area contributed by atoms with Gasteiger partial charge in [0.15, 0.2) is 6.17 Å². The highest BCUT2D eigenvalue weighted by Gasteiger charge is 2.31. The van der Waals surface area contributed by atoms with E-state index in [4.69, 9.17) is 15.2 Å². The Hall–Kier alpha value is -2.64. The lowest BCUT2D eigenvalue weighted by atomic mass is 10.0. The first-order valence-electron chi connectivity index (χ1n) is 9.29. The quantitative estimate of drug-likeness (QED) is 0.491. The van der Waals surface area contributed by atoms with Crippen molar-refractivity contribution in [2.24, 2.45) is 0 Å². The number of carbonyl (C=O) groups excluding carboxylic acids is 3. The average Bonchev–Trinajstić information content (AvgIpc) is 2.60. The third-order valence-electron chi connectivity index (χ3n) is 3.78. The lowest BCUT2D eigenvalue weighted by molar-refractivity contribution is -0.155. The Morgan fingerprint density at radius 3 is 2.18 bits per heavy atom. The number of anilines is 1. The van der Waals surface area contributed by atoms with E-state index in [1.165, 1.54) is 6.07 Å². The number of hydrogen-bond acceptors (Lipinski definition) is 6. The highest BCUT2D eigenvalue weighted by molar-refractivity contribution is 5.97. The molecule has 0 radical (unpaired) electrons. The fourth-order valence-electron chi connectivity index (χ4n) is 2.43. The molecule has 1 aromatic rings. The maximum atomic E-state index is 14.3. The molecule has 156 valence electrons. The number of ether oxygens (including phenoxy) is 2. The first kappa shape index (κ1) is 23.4. The Morgan fingerprint density at radius 1 is 1.07 bits per heavy atom. The van der Waals surface area contributed by atoms with Crippen LogP contribution in [0.1, 0.15) is 57.0 Å². The van der Waals surface area contributed by atoms with Gasteiger partial charge in [-0.3, -0.25) is 4.79 Å². The molecule has 3 N–H and O–H groups in total. The Kier molecular flexibility index (Phi) is 8.88. The minimum absolute atomic E-state index is 0.272. The number of nitrogens with two attached hydrogens (primary N) is 1. The minimum atomic E-state index is -2.08. The van der Waals surface area contributed by atoms with E-state index in [1.54, 1.807) is 39.8 Å². The lowest BCUT2D eigenvalue weighted by Crippen LogP contribution is -2.45. The largest absolute Gasteiger partial charge is 0.461 e. The predicted molar refractivity (Wildman–Crippen MR) is 103 cm³/mol. The topological polar surface area (TPSA) is 108 Å². The van der Waals surface area contributed by atoms with E-state index < -0.39 is 48.7 Å². The standard InChI is InChI=1S/C20H29FN2O5/c1-6-13-9-14(7-8-16(13)22)18(24)23-17(20(26)28-12(4)5)10-15(21)19(25)27-11(2)3/h7-9,11-12,15,17H,6,10,22H2,1-5H3,(H,23,24)/t15-,17+/m1/s1. The zero-order valence-electron chi connectivity index (χ0n) is 17.0. The maximum Gasteiger partial charge on any atom is 0.341 e. The van der Waals surface area contributed by atoms with Crippen LogP contribution in [-0.4, -0.2) is 42.3 Å². The van der Waals surface area contributed by atoms with E-state index in [9.17, 15) is 18.8 Å². The number of benzene rings is 1. The summed E-state index contributed by atoms with van der Waals surface area (Å²) in [5.41, 5.74) is 7.44. The molecule has 0 heterocycles. The second-order valence-electron chi connectivity index (χ2n) is 6.97. The third kappa shape index (κ3) is 7.17. The van der Waals surface area contributed by atoms with Gasteiger partial charge in [0.05, 0.1) is 12.2 Å². The highest BCUT2D eigenvalue weighted by Crippen LogP contribution is 2.16. The lowest BCUT2D eigenvalue weighted by Gasteiger charge is -2.21. The van der Waals surface area contributed by atoms with Crippen molar-refractivity contribution in [1.29, 1.82) is 0 Å². The van der Waals surface area contributed by atoms with E-state index in [1.807, 2.05) is 6.92 Å². The number of amides is 1. The van der Waals surface area contributed by atoms with Crippen molar-refractivity contribution >= 4 is 23.5 Å². The molecular formula is C20H29FN2O5. The molecule has 0 unspecified atom stereocenters. The van der Waals surface area contributed by atoms with Gasteiger partial charge in [0.2, 0.25) is 0 Å². The van der Waals surface area contributed by atoms with Crippen LogP contribution in [-0.2, 0) is 25.5 Å². The van der Waals surface area contributed by atoms with E-state index in [0.29, 0.717) is 12.1 Å². The Bertz CT molecular complexity index is 706. The van der Waals surface area contributed by atoms with Gasteiger partial charge in [0.1, 0.15) is 6.04 Å². The summed E-state index contributed by atoms with van der Waals surface area (Å²) in [6.07, 6.45) is -3.00. The summed E-state index contributed by atoms with van der Waals surface area (Å²) in [6, 6.07) is 3.37. The smallest absolute Gasteiger partial charge is 0.341 e. The first-order chi connectivity index (χ1) is 13.0. The van der Waals surface area contributed by atoms with Gasteiger partial charge in [-0.25, -0.2) is 14.0 Å². The monoisotopic (exact) mass is 396 g/mol. The number of nitrogens with one attached hydrogen (secondary N) is 1. The molecule has 0 bridgehead atoms. The summed E-state index contributed by atoms with van der Waals surface area (Å²) in [6.45, 7) is 8.32. The molecule has 0 aliphatic carbocycles. The molecule has 8 heteroatoms. The summed E-state index contributed by atoms with van der Waals surface area (Å²) in [5.74, 6) is -2.51. The van der Waals surface area contributed by atoms with Crippen molar-refractivity contribution in [3.8, 4) is 0 Å². The number of alkyl halides is 1. The number of carbonyl (C=O) groups is 3. The molecule has 28 heavy (non-hydrogen) atoms. The molecule has 0 saturated carbocycles. The Labute approximate surface area is 164 Å². The predicted octanol–water partition coefficient (Wildman–Crippen LogP) is 2.56. The molecule has 1 rings (SSSR count). The van der Waals surface area contributed by atoms with Gasteiger partial charge >= 0.3 is 11.9 Å². The fraction of sp³-hybridized carbons (Fsp3) is 0.550. The summed E-state index contributed by atoms with van der Waals surface area (Å²) < 4.78 is 24.2. The molecule has 1 aromatic carbocycles. The van der Waals surface area contributed by atoms with E-state index in [-0.39, 0.29) is 5.56 Å². The number of aryl methyl sites for hydroxylation is 1. The molecule has 1 amide bonds. The van der Waals surface area contributed by atoms with Crippen molar-refractivity contribution in [3.63, 3.8) is 0 Å². The van der Waals surface area contributed by atoms with Crippen molar-refractivity contribution < 1.29 is 28.2 Å². The van der Waals surface area contributed by atoms with Crippen LogP contribution in [0.2, 0.25) is 0 Å². The van der Waals surface area contributed by atoms with Gasteiger partial charge in [-0.2, -0.15) is 0 Å². The Balaban J connectivity index is 2.97. The third-order valence-corrected chi connectivity index (χ3v) is 3.78. The number of rotatable bonds is 9. The summed E-state index contributed by atoms with van der Waals surface area (Å²) in [7, 11) is 0. The fourth-order valence-corrected chi connectivity index (χ4v) is 2.43. The van der Waals surface area contributed by atoms with Crippen molar-refractivity contribution in [1.82, 2.24) is 5.32 Å². The van der Waals surface area contributed by atoms with Crippen LogP contribution in [0, 0.1) is 0 Å². The Morgan fingerprint density at radius 2 is 1.64 bits per heavy atom. The molecule has 0 aliphatic rings. The average molecular weight is 396 g/mol. The van der Waals surface area contributed by atoms with Crippen molar-refractivity contribution in [2.45, 2.75) is 71.9 Å². The molecule has 0 fully saturated rings. The summed E-state index contributed by atoms with van der Waals surface area (Å²) in [4.78, 5) is 36.6. The maximum absolute atomic E-state index is 14.3. The van der Waals surface area contributed by atoms with Gasteiger partial charge in [0.25, 0.3) is 5.91 Å². The number of halogens is 1. The molecule has 7 nitrogen and oxygen atoms in total. The van der Waals surface area contributed by atoms with Gasteiger partial charge in [-0.15, -0.1) is 0 Å². The van der Waals surface area contributed by atoms with Crippen LogP contribution in [0.4, 0.5) is 10.1 Å². The molecule has 2 atom stereocenters. The molecular weight excluding hydrogens is 367 g/mol. The van der Waals surface area contributed by atoms with Gasteiger partial charge in [0, 0.05) is 17.7 Å². The minimum Gasteiger partial charge on any atom is -0.461 e. The normalized spacial score (nSPS) is 13.1. The van der Waals surface area contributed by atoms with Crippen LogP contribution in [0.5, 0.6) is 0 Å². The van der Waals surface area contributed by atoms with E-state index >= 15 is 0 Å². The van der Waals surface area contributed by atoms with Crippen LogP contribution >= 0.6 is 0 Å². The zero-order chi connectivity index (χ0) is 21.4. The van der Waals surface area contributed by atoms with E-state index in [2.05, 4.69) is 5.32 Å². The molecule has 0 aliphatic heterocycles. The van der Waals surface area contributed by atoms with Gasteiger partial charge in [-0.05, 0) is 57.9 Å². The zero-order valence-corrected chi connectivity index (χ0v) is 17.0. The van der Waals surface area contributed by atoms with Crippen molar-refractivity contribution in [3.05, 3.63) is 29.3 Å². The van der Waals surface area contributed by atoms with Crippen LogP contribution in [0.15, 0.2) is 18.2 Å². The number of nitrogen functional groups attached to an aromatic ring is 1. The van der Waals surface area contributed by atoms with Crippen LogP contribution < -0.4 is 11.1 Å². The van der Waals surface area contributed by atoms with E-state index in [0.717, 1.165) is 5.56 Å². The summed E-state index contributed by atoms with van der Waals surface area (Å²) >= 11 is 0. The SMILES string of the molecule is CCc1cc(C(=O)N[C@@H](C[C@@H](F)C(=O)OC(C)C)C(=O)OC(C)C)ccc1N. The molecule has 0 spiro atoms. The van der Waals surface area contributed by atoms with Crippen molar-refractivity contribution in [2.75, 3.05) is 5.73 Å². The second-order valence-corrected chi connectivity index (χ2v) is 6.97. The van der Waals surface area contributed by atoms with Gasteiger partial charge in [-0.1, -0.05) is 6.92 Å². The highest BCUT2D eigenvalue weighted by atomic mass is 19.1. The number of hydrogen-bond donors (Lipinski definition) is 2. The second kappa shape index (κ2) is 10.6. The number of esters is 2. The van der Waals surface area contributed by atoms with Gasteiger partial charge < -0.3 is 20.5 Å². The first-order valence-corrected chi connectivity index (χ1v) is 9.29. The van der Waals surface area contributed by atoms with Crippen LogP contribution in [0.25, 0.3) is 0 Å².